The maximum Gasteiger partial charge on any atom is 0.125 e. The fourth-order valence-electron chi connectivity index (χ4n) is 2.18. The number of nitrogens with zero attached hydrogens (tertiary/aromatic N) is 1. The first-order valence-electron chi connectivity index (χ1n) is 6.77. The summed E-state index contributed by atoms with van der Waals surface area (Å²) in [5.41, 5.74) is 6.44. The van der Waals surface area contributed by atoms with Crippen LogP contribution in [0.4, 0.5) is 5.69 Å². The number of anilines is 1. The van der Waals surface area contributed by atoms with Gasteiger partial charge in [-0.15, -0.1) is 0 Å². The Balaban J connectivity index is 2.55. The fraction of sp³-hybridized carbons (Fsp3) is 0.600. The average Bonchev–Trinajstić information content (AvgIpc) is 2.32. The first-order chi connectivity index (χ1) is 8.93. The normalized spacial score (nSPS) is 11.4. The molecule has 2 N–H and O–H groups in total. The molecule has 0 aliphatic heterocycles. The highest BCUT2D eigenvalue weighted by atomic mass is 16.5. The zero-order chi connectivity index (χ0) is 14.4. The van der Waals surface area contributed by atoms with Gasteiger partial charge in [0.05, 0.1) is 7.11 Å². The van der Waals surface area contributed by atoms with Crippen molar-refractivity contribution in [3.8, 4) is 11.5 Å². The zero-order valence-electron chi connectivity index (χ0n) is 12.6. The Morgan fingerprint density at radius 1 is 1.05 bits per heavy atom. The number of benzene rings is 1. The minimum absolute atomic E-state index is 0.513. The van der Waals surface area contributed by atoms with Crippen molar-refractivity contribution in [2.24, 2.45) is 0 Å². The molecule has 108 valence electrons. The standard InChI is InChI=1S/C15H26N2O2/c1-11(2)17(12(3)4)6-7-19-15-9-13(16)8-14(10-15)18-5/h8-12H,6-7,16H2,1-5H3. The van der Waals surface area contributed by atoms with E-state index in [1.54, 1.807) is 13.2 Å². The van der Waals surface area contributed by atoms with Gasteiger partial charge in [0.1, 0.15) is 18.1 Å². The summed E-state index contributed by atoms with van der Waals surface area (Å²) in [7, 11) is 1.62. The molecule has 0 aromatic heterocycles. The van der Waals surface area contributed by atoms with Gasteiger partial charge in [-0.1, -0.05) is 0 Å². The number of hydrogen-bond donors (Lipinski definition) is 1. The number of hydrogen-bond acceptors (Lipinski definition) is 4. The van der Waals surface area contributed by atoms with E-state index in [1.807, 2.05) is 12.1 Å². The summed E-state index contributed by atoms with van der Waals surface area (Å²) < 4.78 is 10.9. The van der Waals surface area contributed by atoms with Gasteiger partial charge in [0.2, 0.25) is 0 Å². The van der Waals surface area contributed by atoms with Gasteiger partial charge >= 0.3 is 0 Å². The van der Waals surface area contributed by atoms with E-state index >= 15 is 0 Å². The van der Waals surface area contributed by atoms with Gasteiger partial charge in [-0.25, -0.2) is 0 Å². The van der Waals surface area contributed by atoms with Crippen LogP contribution in [0.3, 0.4) is 0 Å². The fourth-order valence-corrected chi connectivity index (χ4v) is 2.18. The van der Waals surface area contributed by atoms with Crippen LogP contribution in [0.5, 0.6) is 11.5 Å². The molecule has 0 spiro atoms. The summed E-state index contributed by atoms with van der Waals surface area (Å²) in [4.78, 5) is 2.39. The lowest BCUT2D eigenvalue weighted by atomic mass is 10.2. The van der Waals surface area contributed by atoms with Crippen LogP contribution in [0.1, 0.15) is 27.7 Å². The molecule has 0 fully saturated rings. The zero-order valence-corrected chi connectivity index (χ0v) is 12.6. The van der Waals surface area contributed by atoms with E-state index in [1.165, 1.54) is 0 Å². The second-order valence-electron chi connectivity index (χ2n) is 5.22. The first-order valence-corrected chi connectivity index (χ1v) is 6.77. The van der Waals surface area contributed by atoms with Crippen molar-refractivity contribution >= 4 is 5.69 Å². The molecule has 1 aromatic rings. The number of rotatable bonds is 7. The molecule has 0 saturated heterocycles. The molecule has 0 aliphatic carbocycles. The van der Waals surface area contributed by atoms with Gasteiger partial charge in [-0.3, -0.25) is 4.90 Å². The summed E-state index contributed by atoms with van der Waals surface area (Å²) in [6.45, 7) is 10.3. The molecule has 0 unspecified atom stereocenters. The van der Waals surface area contributed by atoms with E-state index in [-0.39, 0.29) is 0 Å². The van der Waals surface area contributed by atoms with Crippen molar-refractivity contribution in [2.45, 2.75) is 39.8 Å². The van der Waals surface area contributed by atoms with Crippen molar-refractivity contribution < 1.29 is 9.47 Å². The lowest BCUT2D eigenvalue weighted by Gasteiger charge is -2.30. The maximum absolute atomic E-state index is 5.79. The van der Waals surface area contributed by atoms with Gasteiger partial charge in [-0.05, 0) is 27.7 Å². The van der Waals surface area contributed by atoms with Crippen molar-refractivity contribution in [1.82, 2.24) is 4.90 Å². The number of methoxy groups -OCH3 is 1. The molecule has 0 aliphatic rings. The van der Waals surface area contributed by atoms with Crippen LogP contribution < -0.4 is 15.2 Å². The molecule has 0 atom stereocenters. The Labute approximate surface area is 116 Å². The summed E-state index contributed by atoms with van der Waals surface area (Å²) in [6.07, 6.45) is 0. The van der Waals surface area contributed by atoms with Crippen LogP contribution >= 0.6 is 0 Å². The highest BCUT2D eigenvalue weighted by Gasteiger charge is 2.13. The second-order valence-corrected chi connectivity index (χ2v) is 5.22. The van der Waals surface area contributed by atoms with E-state index < -0.39 is 0 Å². The quantitative estimate of drug-likeness (QED) is 0.771. The number of nitrogens with two attached hydrogens (primary N) is 1. The molecule has 0 saturated carbocycles. The molecule has 4 heteroatoms. The van der Waals surface area contributed by atoms with E-state index in [4.69, 9.17) is 15.2 Å². The highest BCUT2D eigenvalue weighted by molar-refractivity contribution is 5.50. The molecule has 1 rings (SSSR count). The van der Waals surface area contributed by atoms with Crippen LogP contribution in [-0.4, -0.2) is 37.2 Å². The van der Waals surface area contributed by atoms with Crippen LogP contribution in [0.25, 0.3) is 0 Å². The third-order valence-electron chi connectivity index (χ3n) is 3.08. The number of ether oxygens (including phenoxy) is 2. The Bertz CT molecular complexity index is 384. The van der Waals surface area contributed by atoms with Crippen molar-refractivity contribution in [2.75, 3.05) is 26.0 Å². The van der Waals surface area contributed by atoms with Gasteiger partial charge < -0.3 is 15.2 Å². The third kappa shape index (κ3) is 4.99. The molecule has 0 radical (unpaired) electrons. The van der Waals surface area contributed by atoms with Gasteiger partial charge in [0, 0.05) is 42.5 Å². The predicted octanol–water partition coefficient (Wildman–Crippen LogP) is 2.78. The molecule has 1 aromatic carbocycles. The summed E-state index contributed by atoms with van der Waals surface area (Å²) in [6, 6.07) is 6.47. The molecule has 19 heavy (non-hydrogen) atoms. The Hall–Kier alpha value is -1.42. The van der Waals surface area contributed by atoms with Gasteiger partial charge in [0.15, 0.2) is 0 Å². The topological polar surface area (TPSA) is 47.7 Å². The lowest BCUT2D eigenvalue weighted by molar-refractivity contribution is 0.142. The van der Waals surface area contributed by atoms with Crippen molar-refractivity contribution in [3.63, 3.8) is 0 Å². The molecule has 0 bridgehead atoms. The first kappa shape index (κ1) is 15.6. The average molecular weight is 266 g/mol. The lowest BCUT2D eigenvalue weighted by Crippen LogP contribution is -2.39. The number of nitrogen functional groups attached to an aromatic ring is 1. The van der Waals surface area contributed by atoms with E-state index in [0.29, 0.717) is 24.4 Å². The Morgan fingerprint density at radius 3 is 2.16 bits per heavy atom. The molecular weight excluding hydrogens is 240 g/mol. The maximum atomic E-state index is 5.79. The minimum atomic E-state index is 0.513. The van der Waals surface area contributed by atoms with Gasteiger partial charge in [0.25, 0.3) is 0 Å². The van der Waals surface area contributed by atoms with E-state index in [0.717, 1.165) is 18.0 Å². The summed E-state index contributed by atoms with van der Waals surface area (Å²) in [5, 5.41) is 0. The SMILES string of the molecule is COc1cc(N)cc(OCCN(C(C)C)C(C)C)c1. The minimum Gasteiger partial charge on any atom is -0.497 e. The van der Waals surface area contributed by atoms with E-state index in [2.05, 4.69) is 32.6 Å². The van der Waals surface area contributed by atoms with Crippen LogP contribution in [0.15, 0.2) is 18.2 Å². The predicted molar refractivity (Wildman–Crippen MR) is 79.9 cm³/mol. The van der Waals surface area contributed by atoms with E-state index in [9.17, 15) is 0 Å². The molecule has 4 nitrogen and oxygen atoms in total. The molecule has 0 amide bonds. The smallest absolute Gasteiger partial charge is 0.125 e. The Morgan fingerprint density at radius 2 is 1.63 bits per heavy atom. The summed E-state index contributed by atoms with van der Waals surface area (Å²) >= 11 is 0. The molecular formula is C15H26N2O2. The Kier molecular flexibility index (Phi) is 5.96. The van der Waals surface area contributed by atoms with Crippen LogP contribution in [0, 0.1) is 0 Å². The monoisotopic (exact) mass is 266 g/mol. The van der Waals surface area contributed by atoms with Gasteiger partial charge in [-0.2, -0.15) is 0 Å². The van der Waals surface area contributed by atoms with Crippen LogP contribution in [0.2, 0.25) is 0 Å². The van der Waals surface area contributed by atoms with Crippen LogP contribution in [-0.2, 0) is 0 Å². The summed E-state index contributed by atoms with van der Waals surface area (Å²) in [5.74, 6) is 1.48. The van der Waals surface area contributed by atoms with Crippen molar-refractivity contribution in [1.29, 1.82) is 0 Å². The molecule has 0 heterocycles. The second kappa shape index (κ2) is 7.24. The third-order valence-corrected chi connectivity index (χ3v) is 3.08. The largest absolute Gasteiger partial charge is 0.497 e. The highest BCUT2D eigenvalue weighted by Crippen LogP contribution is 2.24. The van der Waals surface area contributed by atoms with Crippen molar-refractivity contribution in [3.05, 3.63) is 18.2 Å².